The fourth-order valence-corrected chi connectivity index (χ4v) is 2.96. The third-order valence-electron chi connectivity index (χ3n) is 4.38. The van der Waals surface area contributed by atoms with E-state index >= 15 is 0 Å². The van der Waals surface area contributed by atoms with Crippen molar-refractivity contribution in [1.29, 1.82) is 5.26 Å². The maximum Gasteiger partial charge on any atom is 0.144 e. The molecule has 0 fully saturated rings. The van der Waals surface area contributed by atoms with Crippen LogP contribution in [0.4, 0.5) is 0 Å². The lowest BCUT2D eigenvalue weighted by atomic mass is 10.1. The van der Waals surface area contributed by atoms with E-state index in [1.165, 1.54) is 11.1 Å². The van der Waals surface area contributed by atoms with Crippen LogP contribution in [0.3, 0.4) is 0 Å². The predicted octanol–water partition coefficient (Wildman–Crippen LogP) is 4.63. The highest BCUT2D eigenvalue weighted by Crippen LogP contribution is 2.32. The largest absolute Gasteiger partial charge is 0.496 e. The minimum atomic E-state index is 0.538. The van der Waals surface area contributed by atoms with E-state index in [-0.39, 0.29) is 0 Å². The van der Waals surface area contributed by atoms with Gasteiger partial charge in [0.05, 0.1) is 29.8 Å². The highest BCUT2D eigenvalue weighted by Gasteiger charge is 2.16. The fourth-order valence-electron chi connectivity index (χ4n) is 2.96. The Morgan fingerprint density at radius 2 is 1.92 bits per heavy atom. The van der Waals surface area contributed by atoms with Crippen molar-refractivity contribution in [2.45, 2.75) is 33.2 Å². The normalized spacial score (nSPS) is 10.8. The van der Waals surface area contributed by atoms with Gasteiger partial charge in [0.1, 0.15) is 11.6 Å². The summed E-state index contributed by atoms with van der Waals surface area (Å²) in [6.07, 6.45) is 1.34. The van der Waals surface area contributed by atoms with Crippen molar-refractivity contribution in [3.63, 3.8) is 0 Å². The summed E-state index contributed by atoms with van der Waals surface area (Å²) in [5, 5.41) is 8.86. The Morgan fingerprint density at radius 1 is 1.17 bits per heavy atom. The Morgan fingerprint density at radius 3 is 2.67 bits per heavy atom. The zero-order valence-corrected chi connectivity index (χ0v) is 14.3. The van der Waals surface area contributed by atoms with Gasteiger partial charge in [0, 0.05) is 13.0 Å². The molecule has 0 aliphatic rings. The topological polar surface area (TPSA) is 50.8 Å². The first-order chi connectivity index (χ1) is 11.7. The Labute approximate surface area is 142 Å². The molecule has 0 atom stereocenters. The van der Waals surface area contributed by atoms with Crippen molar-refractivity contribution in [2.75, 3.05) is 7.11 Å². The number of benzene rings is 2. The Hall–Kier alpha value is -2.80. The van der Waals surface area contributed by atoms with E-state index in [0.29, 0.717) is 6.42 Å². The summed E-state index contributed by atoms with van der Waals surface area (Å²) >= 11 is 0. The van der Waals surface area contributed by atoms with Crippen molar-refractivity contribution < 1.29 is 4.74 Å². The number of nitriles is 1. The molecular weight excluding hydrogens is 298 g/mol. The lowest BCUT2D eigenvalue weighted by molar-refractivity contribution is 0.416. The number of para-hydroxylation sites is 1. The van der Waals surface area contributed by atoms with E-state index in [0.717, 1.165) is 41.1 Å². The van der Waals surface area contributed by atoms with Crippen molar-refractivity contribution in [3.05, 3.63) is 47.5 Å². The van der Waals surface area contributed by atoms with Crippen molar-refractivity contribution in [1.82, 2.24) is 9.55 Å². The molecule has 0 saturated heterocycles. The summed E-state index contributed by atoms with van der Waals surface area (Å²) < 4.78 is 7.72. The van der Waals surface area contributed by atoms with Crippen LogP contribution >= 0.6 is 0 Å². The van der Waals surface area contributed by atoms with E-state index < -0.39 is 0 Å². The molecule has 3 rings (SSSR count). The number of unbranched alkanes of at least 4 members (excludes halogenated alkanes) is 1. The number of methoxy groups -OCH3 is 1. The van der Waals surface area contributed by atoms with Gasteiger partial charge in [-0.05, 0) is 55.7 Å². The number of nitrogens with zero attached hydrogens (tertiary/aromatic N) is 3. The number of hydrogen-bond acceptors (Lipinski definition) is 3. The average Bonchev–Trinajstić information content (AvgIpc) is 2.93. The average molecular weight is 319 g/mol. The summed E-state index contributed by atoms with van der Waals surface area (Å²) in [6, 6.07) is 14.5. The number of fused-ring (bicyclic) bond motifs is 1. The van der Waals surface area contributed by atoms with Crippen LogP contribution in [-0.2, 0) is 6.54 Å². The first kappa shape index (κ1) is 16.1. The van der Waals surface area contributed by atoms with E-state index in [1.807, 2.05) is 24.3 Å². The van der Waals surface area contributed by atoms with Crippen molar-refractivity contribution in [3.8, 4) is 23.2 Å². The van der Waals surface area contributed by atoms with Gasteiger partial charge >= 0.3 is 0 Å². The smallest absolute Gasteiger partial charge is 0.144 e. The number of rotatable bonds is 5. The summed E-state index contributed by atoms with van der Waals surface area (Å²) in [5.74, 6) is 1.70. The molecule has 1 heterocycles. The van der Waals surface area contributed by atoms with Crippen LogP contribution < -0.4 is 4.74 Å². The highest BCUT2D eigenvalue weighted by atomic mass is 16.5. The van der Waals surface area contributed by atoms with Crippen LogP contribution in [0.1, 0.15) is 24.0 Å². The van der Waals surface area contributed by atoms with E-state index in [4.69, 9.17) is 15.0 Å². The van der Waals surface area contributed by atoms with Crippen LogP contribution in [0.15, 0.2) is 36.4 Å². The summed E-state index contributed by atoms with van der Waals surface area (Å²) in [6.45, 7) is 4.98. The van der Waals surface area contributed by atoms with Gasteiger partial charge in [-0.25, -0.2) is 4.98 Å². The van der Waals surface area contributed by atoms with Crippen LogP contribution in [-0.4, -0.2) is 16.7 Å². The second-order valence-corrected chi connectivity index (χ2v) is 5.97. The summed E-state index contributed by atoms with van der Waals surface area (Å²) in [5.41, 5.74) is 5.54. The molecule has 0 spiro atoms. The first-order valence-corrected chi connectivity index (χ1v) is 8.13. The molecule has 4 heteroatoms. The van der Waals surface area contributed by atoms with Gasteiger partial charge in [-0.1, -0.05) is 12.1 Å². The van der Waals surface area contributed by atoms with Gasteiger partial charge in [-0.15, -0.1) is 0 Å². The van der Waals surface area contributed by atoms with Crippen molar-refractivity contribution >= 4 is 11.0 Å². The van der Waals surface area contributed by atoms with E-state index in [2.05, 4.69) is 36.6 Å². The number of imidazole rings is 1. The maximum atomic E-state index is 8.86. The van der Waals surface area contributed by atoms with Crippen LogP contribution in [0.5, 0.6) is 5.75 Å². The SMILES string of the molecule is COc1ccccc1-c1nc2cc(C)c(C)cc2n1CCCC#N. The second-order valence-electron chi connectivity index (χ2n) is 5.97. The monoisotopic (exact) mass is 319 g/mol. The molecule has 0 unspecified atom stereocenters. The Kier molecular flexibility index (Phi) is 4.52. The predicted molar refractivity (Wildman–Crippen MR) is 96.0 cm³/mol. The number of aryl methyl sites for hydroxylation is 3. The fraction of sp³-hybridized carbons (Fsp3) is 0.300. The Bertz CT molecular complexity index is 919. The van der Waals surface area contributed by atoms with Gasteiger partial charge in [0.25, 0.3) is 0 Å². The number of ether oxygens (including phenoxy) is 1. The molecule has 0 saturated carbocycles. The van der Waals surface area contributed by atoms with Gasteiger partial charge in [-0.3, -0.25) is 0 Å². The zero-order valence-electron chi connectivity index (χ0n) is 14.3. The lowest BCUT2D eigenvalue weighted by Crippen LogP contribution is -2.02. The van der Waals surface area contributed by atoms with Gasteiger partial charge < -0.3 is 9.30 Å². The van der Waals surface area contributed by atoms with Crippen LogP contribution in [0.25, 0.3) is 22.4 Å². The molecule has 0 amide bonds. The molecule has 122 valence electrons. The van der Waals surface area contributed by atoms with E-state index in [9.17, 15) is 0 Å². The van der Waals surface area contributed by atoms with Crippen molar-refractivity contribution in [2.24, 2.45) is 0 Å². The van der Waals surface area contributed by atoms with Gasteiger partial charge in [-0.2, -0.15) is 5.26 Å². The van der Waals surface area contributed by atoms with Crippen LogP contribution in [0.2, 0.25) is 0 Å². The minimum absolute atomic E-state index is 0.538. The summed E-state index contributed by atoms with van der Waals surface area (Å²) in [4.78, 5) is 4.87. The third-order valence-corrected chi connectivity index (χ3v) is 4.38. The zero-order chi connectivity index (χ0) is 17.1. The summed E-state index contributed by atoms with van der Waals surface area (Å²) in [7, 11) is 1.68. The van der Waals surface area contributed by atoms with Gasteiger partial charge in [0.15, 0.2) is 0 Å². The van der Waals surface area contributed by atoms with Crippen LogP contribution in [0, 0.1) is 25.2 Å². The molecule has 0 N–H and O–H groups in total. The lowest BCUT2D eigenvalue weighted by Gasteiger charge is -2.11. The second kappa shape index (κ2) is 6.76. The van der Waals surface area contributed by atoms with E-state index in [1.54, 1.807) is 7.11 Å². The molecule has 1 aromatic heterocycles. The molecule has 0 aliphatic heterocycles. The molecule has 4 nitrogen and oxygen atoms in total. The number of aromatic nitrogens is 2. The first-order valence-electron chi connectivity index (χ1n) is 8.13. The maximum absolute atomic E-state index is 8.86. The third kappa shape index (κ3) is 2.85. The molecular formula is C20H21N3O. The molecule has 0 radical (unpaired) electrons. The molecule has 0 bridgehead atoms. The molecule has 2 aromatic carbocycles. The molecule has 3 aromatic rings. The Balaban J connectivity index is 2.22. The minimum Gasteiger partial charge on any atom is -0.496 e. The highest BCUT2D eigenvalue weighted by molar-refractivity contribution is 5.83. The van der Waals surface area contributed by atoms with Gasteiger partial charge in [0.2, 0.25) is 0 Å². The molecule has 24 heavy (non-hydrogen) atoms. The standard InChI is InChI=1S/C20H21N3O/c1-14-12-17-18(13-15(14)2)23(11-7-6-10-21)20(22-17)16-8-4-5-9-19(16)24-3/h4-5,8-9,12-13H,6-7,11H2,1-3H3. The quantitative estimate of drug-likeness (QED) is 0.644. The number of hydrogen-bond donors (Lipinski definition) is 0. The molecule has 0 aliphatic carbocycles.